The van der Waals surface area contributed by atoms with Gasteiger partial charge < -0.3 is 4.42 Å². The van der Waals surface area contributed by atoms with Crippen LogP contribution in [0, 0.1) is 13.8 Å². The number of rotatable bonds is 1. The summed E-state index contributed by atoms with van der Waals surface area (Å²) in [4.78, 5) is 1.92. The SMILES string of the molecule is [2H]C([2H])([2H])C1=CB(C)N(c2cc(C)c(C([2H])([2H])[2H])c[n+]2C)c2oc3ccccc3c21. The number of nitrogens with zero attached hydrogens (tertiary/aromatic N) is 2. The smallest absolute Gasteiger partial charge is 0.406 e. The maximum atomic E-state index is 8.04. The van der Waals surface area contributed by atoms with Crippen LogP contribution in [-0.2, 0) is 7.05 Å². The summed E-state index contributed by atoms with van der Waals surface area (Å²) in [5.41, 5.74) is 2.35. The highest BCUT2D eigenvalue weighted by Crippen LogP contribution is 2.43. The van der Waals surface area contributed by atoms with Gasteiger partial charge in [-0.1, -0.05) is 24.2 Å². The normalized spacial score (nSPS) is 18.9. The average molecular weight is 323 g/mol. The molecule has 24 heavy (non-hydrogen) atoms. The lowest BCUT2D eigenvalue weighted by atomic mass is 9.59. The maximum Gasteiger partial charge on any atom is 0.406 e. The van der Waals surface area contributed by atoms with E-state index in [-0.39, 0.29) is 18.0 Å². The summed E-state index contributed by atoms with van der Waals surface area (Å²) in [6.07, 6.45) is 1.61. The molecule has 3 nitrogen and oxygen atoms in total. The third-order valence-electron chi connectivity index (χ3n) is 4.58. The molecular formula is C20H22BN2O+. The van der Waals surface area contributed by atoms with Crippen LogP contribution in [0.2, 0.25) is 6.82 Å². The van der Waals surface area contributed by atoms with Crippen LogP contribution in [0.5, 0.6) is 0 Å². The van der Waals surface area contributed by atoms with Gasteiger partial charge >= 0.3 is 6.85 Å². The number of hydrogen-bond donors (Lipinski definition) is 0. The van der Waals surface area contributed by atoms with Crippen molar-refractivity contribution in [1.29, 1.82) is 0 Å². The standard InChI is InChI=1S/C20H22BN2O/c1-13-10-18(22(5)12-15(13)3)23-20-19(14(2)11-21(23)4)16-8-6-7-9-17(16)24-20/h6-12H,1-5H3/q+1/i2D3,3D3. The Bertz CT molecular complexity index is 1180. The number of benzene rings is 1. The zero-order valence-electron chi connectivity index (χ0n) is 19.9. The Balaban J connectivity index is 1.98. The van der Waals surface area contributed by atoms with Crippen molar-refractivity contribution in [3.05, 3.63) is 59.2 Å². The highest BCUT2D eigenvalue weighted by molar-refractivity contribution is 6.70. The summed E-state index contributed by atoms with van der Waals surface area (Å²) < 4.78 is 55.3. The molecule has 0 unspecified atom stereocenters. The van der Waals surface area contributed by atoms with E-state index < -0.39 is 13.7 Å². The van der Waals surface area contributed by atoms with E-state index in [1.165, 1.54) is 0 Å². The van der Waals surface area contributed by atoms with Crippen LogP contribution in [0.3, 0.4) is 0 Å². The molecular weight excluding hydrogens is 295 g/mol. The third kappa shape index (κ3) is 2.09. The Kier molecular flexibility index (Phi) is 2.13. The molecule has 0 radical (unpaired) electrons. The molecule has 1 aliphatic heterocycles. The van der Waals surface area contributed by atoms with Crippen LogP contribution in [0.1, 0.15) is 31.8 Å². The third-order valence-corrected chi connectivity index (χ3v) is 4.58. The van der Waals surface area contributed by atoms with Gasteiger partial charge in [0.1, 0.15) is 5.58 Å². The Morgan fingerprint density at radius 1 is 1.21 bits per heavy atom. The van der Waals surface area contributed by atoms with Gasteiger partial charge in [-0.05, 0) is 50.2 Å². The van der Waals surface area contributed by atoms with Crippen LogP contribution in [0.25, 0.3) is 16.5 Å². The van der Waals surface area contributed by atoms with Crippen LogP contribution in [0.4, 0.5) is 11.7 Å². The molecule has 1 aromatic carbocycles. The second-order valence-electron chi connectivity index (χ2n) is 6.31. The molecule has 0 saturated heterocycles. The van der Waals surface area contributed by atoms with Gasteiger partial charge in [-0.3, -0.25) is 4.81 Å². The highest BCUT2D eigenvalue weighted by atomic mass is 16.4. The first kappa shape index (κ1) is 9.72. The number of hydrogen-bond acceptors (Lipinski definition) is 2. The number of furan rings is 1. The van der Waals surface area contributed by atoms with E-state index in [1.807, 2.05) is 42.0 Å². The minimum absolute atomic E-state index is 0.268. The van der Waals surface area contributed by atoms with Crippen LogP contribution < -0.4 is 9.38 Å². The molecule has 0 bridgehead atoms. The van der Waals surface area contributed by atoms with Crippen molar-refractivity contribution in [2.75, 3.05) is 4.81 Å². The van der Waals surface area contributed by atoms with Crippen molar-refractivity contribution >= 4 is 35.1 Å². The minimum atomic E-state index is -2.29. The Morgan fingerprint density at radius 2 is 2.04 bits per heavy atom. The molecule has 3 aromatic rings. The lowest BCUT2D eigenvalue weighted by Crippen LogP contribution is -2.44. The molecule has 0 fully saturated rings. The molecule has 1 aliphatic rings. The number of para-hydroxylation sites is 1. The Hall–Kier alpha value is -2.49. The van der Waals surface area contributed by atoms with Gasteiger partial charge in [-0.2, -0.15) is 0 Å². The van der Waals surface area contributed by atoms with Gasteiger partial charge in [-0.25, -0.2) is 4.57 Å². The first-order chi connectivity index (χ1) is 13.9. The van der Waals surface area contributed by atoms with Crippen molar-refractivity contribution in [2.24, 2.45) is 7.05 Å². The maximum absolute atomic E-state index is 8.04. The van der Waals surface area contributed by atoms with E-state index in [0.717, 1.165) is 5.39 Å². The second-order valence-corrected chi connectivity index (χ2v) is 6.31. The zero-order chi connectivity index (χ0) is 22.0. The van der Waals surface area contributed by atoms with Crippen LogP contribution in [0.15, 0.2) is 46.9 Å². The van der Waals surface area contributed by atoms with Crippen molar-refractivity contribution in [1.82, 2.24) is 0 Å². The molecule has 0 saturated carbocycles. The van der Waals surface area contributed by atoms with E-state index >= 15 is 0 Å². The van der Waals surface area contributed by atoms with Crippen molar-refractivity contribution in [3.8, 4) is 0 Å². The summed E-state index contributed by atoms with van der Waals surface area (Å²) in [7, 11) is 1.78. The Labute approximate surface area is 151 Å². The molecule has 0 spiro atoms. The Morgan fingerprint density at radius 3 is 2.83 bits per heavy atom. The summed E-state index contributed by atoms with van der Waals surface area (Å²) in [5.74, 6) is 2.91. The van der Waals surface area contributed by atoms with Gasteiger partial charge in [0.05, 0.1) is 18.8 Å². The summed E-state index contributed by atoms with van der Waals surface area (Å²) >= 11 is 0. The number of anilines is 2. The largest absolute Gasteiger partial charge is 0.423 e. The molecule has 0 N–H and O–H groups in total. The fourth-order valence-corrected chi connectivity index (χ4v) is 3.33. The van der Waals surface area contributed by atoms with Gasteiger partial charge in [-0.15, -0.1) is 0 Å². The predicted octanol–water partition coefficient (Wildman–Crippen LogP) is 4.59. The molecule has 0 aliphatic carbocycles. The fraction of sp³-hybridized carbons (Fsp3) is 0.250. The van der Waals surface area contributed by atoms with Crippen LogP contribution >= 0.6 is 0 Å². The number of aryl methyl sites for hydroxylation is 3. The van der Waals surface area contributed by atoms with E-state index in [4.69, 9.17) is 12.6 Å². The monoisotopic (exact) mass is 323 g/mol. The van der Waals surface area contributed by atoms with E-state index in [9.17, 15) is 0 Å². The molecule has 0 amide bonds. The summed E-state index contributed by atoms with van der Waals surface area (Å²) in [6.45, 7) is -1.15. The first-order valence-electron chi connectivity index (χ1n) is 10.9. The second kappa shape index (κ2) is 5.27. The molecule has 4 rings (SSSR count). The first-order valence-corrected chi connectivity index (χ1v) is 7.94. The number of pyridine rings is 1. The molecule has 120 valence electrons. The molecule has 4 heteroatoms. The van der Waals surface area contributed by atoms with Gasteiger partial charge in [0, 0.05) is 19.7 Å². The van der Waals surface area contributed by atoms with Gasteiger partial charge in [0.25, 0.3) is 11.7 Å². The van der Waals surface area contributed by atoms with E-state index in [0.29, 0.717) is 28.4 Å². The quantitative estimate of drug-likeness (QED) is 0.482. The molecule has 2 aromatic heterocycles. The van der Waals surface area contributed by atoms with Gasteiger partial charge in [0.15, 0.2) is 0 Å². The number of allylic oxidation sites excluding steroid dienone is 1. The average Bonchev–Trinajstić information content (AvgIpc) is 3.00. The lowest BCUT2D eigenvalue weighted by Gasteiger charge is -2.24. The van der Waals surface area contributed by atoms with E-state index in [1.54, 1.807) is 30.7 Å². The highest BCUT2D eigenvalue weighted by Gasteiger charge is 2.39. The summed E-state index contributed by atoms with van der Waals surface area (Å²) in [6, 6.07) is 9.18. The van der Waals surface area contributed by atoms with Crippen molar-refractivity contribution in [2.45, 2.75) is 27.5 Å². The number of fused-ring (bicyclic) bond motifs is 3. The minimum Gasteiger partial charge on any atom is -0.423 e. The van der Waals surface area contributed by atoms with Crippen LogP contribution in [-0.4, -0.2) is 6.85 Å². The fourth-order valence-electron chi connectivity index (χ4n) is 3.33. The van der Waals surface area contributed by atoms with Gasteiger partial charge in [0.2, 0.25) is 0 Å². The van der Waals surface area contributed by atoms with E-state index in [2.05, 4.69) is 0 Å². The molecule has 3 heterocycles. The zero-order valence-corrected chi connectivity index (χ0v) is 13.9. The predicted molar refractivity (Wildman–Crippen MR) is 101 cm³/mol. The summed E-state index contributed by atoms with van der Waals surface area (Å²) in [5, 5.41) is 0.741. The van der Waals surface area contributed by atoms with Crippen molar-refractivity contribution in [3.63, 3.8) is 0 Å². The topological polar surface area (TPSA) is 20.3 Å². The molecule has 0 atom stereocenters. The lowest BCUT2D eigenvalue weighted by molar-refractivity contribution is -0.658. The number of aromatic nitrogens is 1. The van der Waals surface area contributed by atoms with Crippen molar-refractivity contribution < 1.29 is 17.2 Å².